The molecule has 0 aliphatic carbocycles. The third-order valence-electron chi connectivity index (χ3n) is 4.18. The molecule has 2 aromatic rings. The molecule has 6 heteroatoms. The number of anilines is 1. The van der Waals surface area contributed by atoms with Crippen LogP contribution in [-0.2, 0) is 6.42 Å². The highest BCUT2D eigenvalue weighted by Crippen LogP contribution is 2.37. The molecule has 5 nitrogen and oxygen atoms in total. The summed E-state index contributed by atoms with van der Waals surface area (Å²) in [5.74, 6) is 0.795. The molecule has 3 rings (SSSR count). The van der Waals surface area contributed by atoms with E-state index in [0.29, 0.717) is 13.1 Å². The lowest BCUT2D eigenvalue weighted by Gasteiger charge is -2.24. The lowest BCUT2D eigenvalue weighted by molar-refractivity contribution is 0.224. The van der Waals surface area contributed by atoms with Crippen LogP contribution in [-0.4, -0.2) is 50.9 Å². The molecule has 1 aromatic heterocycles. The van der Waals surface area contributed by atoms with Crippen LogP contribution in [0.5, 0.6) is 5.75 Å². The molecule has 25 heavy (non-hydrogen) atoms. The van der Waals surface area contributed by atoms with Crippen LogP contribution in [0.1, 0.15) is 22.9 Å². The summed E-state index contributed by atoms with van der Waals surface area (Å²) in [4.78, 5) is 22.2. The number of carbonyl (C=O) groups is 1. The van der Waals surface area contributed by atoms with Crippen molar-refractivity contribution in [1.29, 1.82) is 0 Å². The molecular formula is C19H23N3O2S. The van der Waals surface area contributed by atoms with Gasteiger partial charge in [0.2, 0.25) is 0 Å². The lowest BCUT2D eigenvalue weighted by Crippen LogP contribution is -2.40. The number of carbonyl (C=O) groups excluding carboxylic acids is 1. The van der Waals surface area contributed by atoms with E-state index >= 15 is 0 Å². The number of methoxy groups -OCH3 is 1. The first-order valence-electron chi connectivity index (χ1n) is 8.36. The second-order valence-corrected chi connectivity index (χ2v) is 7.16. The van der Waals surface area contributed by atoms with Crippen LogP contribution in [0.15, 0.2) is 35.3 Å². The summed E-state index contributed by atoms with van der Waals surface area (Å²) in [6.45, 7) is 3.27. The van der Waals surface area contributed by atoms with Crippen LogP contribution in [0.25, 0.3) is 0 Å². The average Bonchev–Trinajstić information content (AvgIpc) is 2.97. The highest BCUT2D eigenvalue weighted by molar-refractivity contribution is 7.16. The number of fused-ring (bicyclic) bond motifs is 1. The van der Waals surface area contributed by atoms with Gasteiger partial charge in [-0.05, 0) is 24.6 Å². The molecule has 0 saturated carbocycles. The van der Waals surface area contributed by atoms with E-state index in [1.165, 1.54) is 4.88 Å². The predicted molar refractivity (Wildman–Crippen MR) is 104 cm³/mol. The van der Waals surface area contributed by atoms with Crippen molar-refractivity contribution >= 4 is 28.1 Å². The summed E-state index contributed by atoms with van der Waals surface area (Å²) >= 11 is 1.67. The van der Waals surface area contributed by atoms with Gasteiger partial charge in [-0.15, -0.1) is 11.3 Å². The molecule has 0 bridgehead atoms. The van der Waals surface area contributed by atoms with Crippen molar-refractivity contribution in [3.05, 3.63) is 46.3 Å². The zero-order valence-corrected chi connectivity index (χ0v) is 15.9. The number of urea groups is 1. The number of thiophene rings is 1. The maximum atomic E-state index is 12.7. The highest BCUT2D eigenvalue weighted by Gasteiger charge is 2.28. The third-order valence-corrected chi connectivity index (χ3v) is 5.48. The number of ether oxygens (including phenoxy) is 1. The maximum Gasteiger partial charge on any atom is 0.324 e. The maximum absolute atomic E-state index is 12.7. The van der Waals surface area contributed by atoms with Gasteiger partial charge >= 0.3 is 6.03 Å². The Balaban J connectivity index is 2.15. The second-order valence-electron chi connectivity index (χ2n) is 6.04. The molecule has 132 valence electrons. The SMILES string of the molecule is CCc1cc2c(s1)N(C(=O)N(C)C)CCN=C2c1ccccc1OC. The Morgan fingerprint density at radius 3 is 2.76 bits per heavy atom. The number of nitrogens with zero attached hydrogens (tertiary/aromatic N) is 3. The van der Waals surface area contributed by atoms with Crippen molar-refractivity contribution in [3.8, 4) is 5.75 Å². The molecule has 2 heterocycles. The number of hydrogen-bond acceptors (Lipinski definition) is 4. The van der Waals surface area contributed by atoms with E-state index in [0.717, 1.165) is 34.0 Å². The van der Waals surface area contributed by atoms with Gasteiger partial charge < -0.3 is 9.64 Å². The van der Waals surface area contributed by atoms with E-state index in [-0.39, 0.29) is 6.03 Å². The van der Waals surface area contributed by atoms with E-state index < -0.39 is 0 Å². The smallest absolute Gasteiger partial charge is 0.324 e. The molecule has 0 saturated heterocycles. The summed E-state index contributed by atoms with van der Waals surface area (Å²) < 4.78 is 5.53. The molecule has 1 aliphatic rings. The number of amides is 2. The fourth-order valence-corrected chi connectivity index (χ4v) is 4.03. The Kier molecular flexibility index (Phi) is 5.08. The van der Waals surface area contributed by atoms with Gasteiger partial charge in [0, 0.05) is 36.6 Å². The van der Waals surface area contributed by atoms with Crippen molar-refractivity contribution < 1.29 is 9.53 Å². The Labute approximate surface area is 152 Å². The second kappa shape index (κ2) is 7.27. The van der Waals surface area contributed by atoms with Crippen LogP contribution in [0.4, 0.5) is 9.80 Å². The van der Waals surface area contributed by atoms with Crippen molar-refractivity contribution in [1.82, 2.24) is 4.90 Å². The van der Waals surface area contributed by atoms with Crippen molar-refractivity contribution in [2.45, 2.75) is 13.3 Å². The number of benzene rings is 1. The molecule has 0 radical (unpaired) electrons. The number of para-hydroxylation sites is 1. The van der Waals surface area contributed by atoms with Crippen LogP contribution >= 0.6 is 11.3 Å². The quantitative estimate of drug-likeness (QED) is 0.841. The first-order chi connectivity index (χ1) is 12.1. The molecule has 2 amide bonds. The Hall–Kier alpha value is -2.34. The highest BCUT2D eigenvalue weighted by atomic mass is 32.1. The van der Waals surface area contributed by atoms with Crippen LogP contribution in [0.3, 0.4) is 0 Å². The summed E-state index contributed by atoms with van der Waals surface area (Å²) in [6.07, 6.45) is 0.931. The minimum Gasteiger partial charge on any atom is -0.496 e. The zero-order chi connectivity index (χ0) is 18.0. The van der Waals surface area contributed by atoms with Crippen LogP contribution in [0, 0.1) is 0 Å². The van der Waals surface area contributed by atoms with Gasteiger partial charge in [0.15, 0.2) is 0 Å². The molecule has 0 N–H and O–H groups in total. The van der Waals surface area contributed by atoms with Gasteiger partial charge in [-0.25, -0.2) is 4.79 Å². The molecule has 0 unspecified atom stereocenters. The van der Waals surface area contributed by atoms with Crippen LogP contribution in [0.2, 0.25) is 0 Å². The van der Waals surface area contributed by atoms with Gasteiger partial charge in [-0.2, -0.15) is 0 Å². The Morgan fingerprint density at radius 2 is 2.08 bits per heavy atom. The monoisotopic (exact) mass is 357 g/mol. The largest absolute Gasteiger partial charge is 0.496 e. The number of aliphatic imine (C=N–C) groups is 1. The van der Waals surface area contributed by atoms with E-state index in [1.807, 2.05) is 29.2 Å². The molecule has 0 spiro atoms. The fourth-order valence-electron chi connectivity index (χ4n) is 2.92. The fraction of sp³-hybridized carbons (Fsp3) is 0.368. The minimum atomic E-state index is -0.0118. The van der Waals surface area contributed by atoms with E-state index in [1.54, 1.807) is 37.4 Å². The standard InChI is InChI=1S/C19H23N3O2S/c1-5-13-12-15-17(14-8-6-7-9-16(14)24-4)20-10-11-22(18(15)25-13)19(23)21(2)3/h6-9,12H,5,10-11H2,1-4H3. The first-order valence-corrected chi connectivity index (χ1v) is 9.18. The summed E-state index contributed by atoms with van der Waals surface area (Å²) in [6, 6.07) is 10.1. The summed E-state index contributed by atoms with van der Waals surface area (Å²) in [5.41, 5.74) is 2.88. The van der Waals surface area contributed by atoms with E-state index in [4.69, 9.17) is 9.73 Å². The number of aryl methyl sites for hydroxylation is 1. The Bertz CT molecular complexity index is 811. The lowest BCUT2D eigenvalue weighted by atomic mass is 10.0. The summed E-state index contributed by atoms with van der Waals surface area (Å²) in [7, 11) is 5.23. The van der Waals surface area contributed by atoms with Gasteiger partial charge in [0.25, 0.3) is 0 Å². The minimum absolute atomic E-state index is 0.0118. The predicted octanol–water partition coefficient (Wildman–Crippen LogP) is 3.66. The molecule has 0 fully saturated rings. The van der Waals surface area contributed by atoms with Gasteiger partial charge in [-0.3, -0.25) is 9.89 Å². The summed E-state index contributed by atoms with van der Waals surface area (Å²) in [5, 5.41) is 0.970. The molecule has 1 aliphatic heterocycles. The molecule has 0 atom stereocenters. The van der Waals surface area contributed by atoms with E-state index in [9.17, 15) is 4.79 Å². The normalized spacial score (nSPS) is 13.8. The topological polar surface area (TPSA) is 45.1 Å². The Morgan fingerprint density at radius 1 is 1.32 bits per heavy atom. The molecular weight excluding hydrogens is 334 g/mol. The molecule has 1 aromatic carbocycles. The van der Waals surface area contributed by atoms with Crippen molar-refractivity contribution in [3.63, 3.8) is 0 Å². The number of rotatable bonds is 3. The number of hydrogen-bond donors (Lipinski definition) is 0. The van der Waals surface area contributed by atoms with Gasteiger partial charge in [0.05, 0.1) is 19.4 Å². The van der Waals surface area contributed by atoms with Crippen molar-refractivity contribution in [2.75, 3.05) is 39.2 Å². The first kappa shape index (κ1) is 17.5. The van der Waals surface area contributed by atoms with E-state index in [2.05, 4.69) is 13.0 Å². The zero-order valence-electron chi connectivity index (χ0n) is 15.1. The van der Waals surface area contributed by atoms with Gasteiger partial charge in [0.1, 0.15) is 10.8 Å². The average molecular weight is 357 g/mol. The van der Waals surface area contributed by atoms with Crippen LogP contribution < -0.4 is 9.64 Å². The van der Waals surface area contributed by atoms with Gasteiger partial charge in [-0.1, -0.05) is 19.1 Å². The third kappa shape index (κ3) is 3.26. The van der Waals surface area contributed by atoms with Crippen molar-refractivity contribution in [2.24, 2.45) is 4.99 Å².